The second kappa shape index (κ2) is 4.61. The summed E-state index contributed by atoms with van der Waals surface area (Å²) in [7, 11) is 0. The van der Waals surface area contributed by atoms with Gasteiger partial charge in [0, 0.05) is 17.7 Å². The Balaban J connectivity index is 2.81. The summed E-state index contributed by atoms with van der Waals surface area (Å²) in [6, 6.07) is 3.72. The molecule has 0 fully saturated rings. The molecule has 6 heteroatoms. The Kier molecular flexibility index (Phi) is 3.15. The van der Waals surface area contributed by atoms with Crippen molar-refractivity contribution in [3.05, 3.63) is 28.1 Å². The average Bonchev–Trinajstić information content (AvgIpc) is 2.65. The fourth-order valence-corrected chi connectivity index (χ4v) is 1.85. The lowest BCUT2D eigenvalue weighted by molar-refractivity contribution is 0.664. The van der Waals surface area contributed by atoms with Crippen LogP contribution in [0, 0.1) is 11.3 Å². The monoisotopic (exact) mass is 245 g/mol. The van der Waals surface area contributed by atoms with Crippen molar-refractivity contribution in [2.45, 2.75) is 39.7 Å². The van der Waals surface area contributed by atoms with Crippen molar-refractivity contribution >= 4 is 5.65 Å². The van der Waals surface area contributed by atoms with Gasteiger partial charge in [-0.2, -0.15) is 9.94 Å². The van der Waals surface area contributed by atoms with E-state index < -0.39 is 0 Å². The summed E-state index contributed by atoms with van der Waals surface area (Å²) in [5.41, 5.74) is 1.16. The van der Waals surface area contributed by atoms with Crippen LogP contribution in [0.3, 0.4) is 0 Å². The van der Waals surface area contributed by atoms with Crippen LogP contribution in [-0.4, -0.2) is 19.2 Å². The quantitative estimate of drug-likeness (QED) is 0.811. The van der Waals surface area contributed by atoms with Gasteiger partial charge in [-0.1, -0.05) is 20.8 Å². The van der Waals surface area contributed by atoms with E-state index in [2.05, 4.69) is 10.1 Å². The molecular formula is C12H15N5O. The van der Waals surface area contributed by atoms with Crippen LogP contribution in [0.5, 0.6) is 0 Å². The third kappa shape index (κ3) is 1.88. The molecule has 18 heavy (non-hydrogen) atoms. The van der Waals surface area contributed by atoms with Crippen molar-refractivity contribution in [2.24, 2.45) is 0 Å². The molecule has 0 aliphatic carbocycles. The summed E-state index contributed by atoms with van der Waals surface area (Å²) in [5.74, 6) is 0.815. The first-order valence-electron chi connectivity index (χ1n) is 5.94. The van der Waals surface area contributed by atoms with Gasteiger partial charge in [-0.3, -0.25) is 0 Å². The van der Waals surface area contributed by atoms with Gasteiger partial charge in [0.1, 0.15) is 12.4 Å². The average molecular weight is 245 g/mol. The van der Waals surface area contributed by atoms with Crippen molar-refractivity contribution in [1.29, 1.82) is 5.26 Å². The lowest BCUT2D eigenvalue weighted by atomic mass is 10.2. The minimum Gasteiger partial charge on any atom is -0.245 e. The van der Waals surface area contributed by atoms with Crippen LogP contribution in [-0.2, 0) is 13.0 Å². The van der Waals surface area contributed by atoms with E-state index in [1.807, 2.05) is 26.8 Å². The van der Waals surface area contributed by atoms with Gasteiger partial charge in [-0.05, 0) is 6.42 Å². The van der Waals surface area contributed by atoms with Gasteiger partial charge < -0.3 is 0 Å². The first-order valence-corrected chi connectivity index (χ1v) is 5.94. The van der Waals surface area contributed by atoms with Gasteiger partial charge in [0.25, 0.3) is 0 Å². The number of nitriles is 1. The fourth-order valence-electron chi connectivity index (χ4n) is 1.85. The predicted octanol–water partition coefficient (Wildman–Crippen LogP) is 1.10. The number of aromatic nitrogens is 4. The first-order chi connectivity index (χ1) is 8.58. The summed E-state index contributed by atoms with van der Waals surface area (Å²) in [4.78, 5) is 16.6. The summed E-state index contributed by atoms with van der Waals surface area (Å²) in [6.45, 7) is 5.93. The molecule has 0 N–H and O–H groups in total. The Morgan fingerprint density at radius 1 is 1.50 bits per heavy atom. The zero-order chi connectivity index (χ0) is 13.3. The van der Waals surface area contributed by atoms with E-state index in [1.54, 1.807) is 6.07 Å². The summed E-state index contributed by atoms with van der Waals surface area (Å²) in [6.07, 6.45) is 0.787. The molecule has 0 saturated heterocycles. The lowest BCUT2D eigenvalue weighted by Crippen LogP contribution is -2.23. The number of rotatable bonds is 3. The Bertz CT molecular complexity index is 674. The molecule has 0 spiro atoms. The molecule has 0 aliphatic heterocycles. The highest BCUT2D eigenvalue weighted by molar-refractivity contribution is 5.39. The Hall–Kier alpha value is -2.16. The van der Waals surface area contributed by atoms with Crippen molar-refractivity contribution in [3.63, 3.8) is 0 Å². The van der Waals surface area contributed by atoms with Crippen LogP contribution in [0.2, 0.25) is 0 Å². The number of aryl methyl sites for hydroxylation is 1. The maximum absolute atomic E-state index is 12.1. The molecule has 0 bridgehead atoms. The van der Waals surface area contributed by atoms with Crippen LogP contribution in [0.4, 0.5) is 0 Å². The van der Waals surface area contributed by atoms with E-state index in [0.29, 0.717) is 11.5 Å². The largest absolute Gasteiger partial charge is 0.352 e. The summed E-state index contributed by atoms with van der Waals surface area (Å²) in [5, 5.41) is 12.8. The number of hydrogen-bond acceptors (Lipinski definition) is 4. The van der Waals surface area contributed by atoms with E-state index in [1.165, 1.54) is 9.08 Å². The van der Waals surface area contributed by atoms with Crippen LogP contribution in [0.1, 0.15) is 38.2 Å². The van der Waals surface area contributed by atoms with Crippen LogP contribution < -0.4 is 5.69 Å². The molecule has 94 valence electrons. The SMILES string of the molecule is CCc1cc2nn(CC#N)c(=O)n2c(C(C)C)n1. The molecular weight excluding hydrogens is 230 g/mol. The fraction of sp³-hybridized carbons (Fsp3) is 0.500. The molecule has 0 amide bonds. The normalized spacial score (nSPS) is 11.1. The minimum absolute atomic E-state index is 0.0422. The maximum atomic E-state index is 12.1. The first kappa shape index (κ1) is 12.3. The van der Waals surface area contributed by atoms with Gasteiger partial charge in [0.15, 0.2) is 5.65 Å². The standard InChI is InChI=1S/C12H15N5O/c1-4-9-7-10-15-16(6-5-13)12(18)17(10)11(14-9)8(2)3/h7-8H,4,6H2,1-3H3. The molecule has 2 aromatic heterocycles. The van der Waals surface area contributed by atoms with E-state index in [4.69, 9.17) is 5.26 Å². The van der Waals surface area contributed by atoms with Gasteiger partial charge in [0.2, 0.25) is 0 Å². The molecule has 0 aromatic carbocycles. The molecule has 6 nitrogen and oxygen atoms in total. The highest BCUT2D eigenvalue weighted by Gasteiger charge is 2.15. The van der Waals surface area contributed by atoms with E-state index in [-0.39, 0.29) is 18.2 Å². The molecule has 2 heterocycles. The topological polar surface area (TPSA) is 76.0 Å². The third-order valence-electron chi connectivity index (χ3n) is 2.75. The second-order valence-electron chi connectivity index (χ2n) is 4.41. The van der Waals surface area contributed by atoms with Gasteiger partial charge in [-0.15, -0.1) is 5.10 Å². The van der Waals surface area contributed by atoms with E-state index in [9.17, 15) is 4.79 Å². The molecule has 2 aromatic rings. The lowest BCUT2D eigenvalue weighted by Gasteiger charge is -2.08. The number of hydrogen-bond donors (Lipinski definition) is 0. The summed E-state index contributed by atoms with van der Waals surface area (Å²) >= 11 is 0. The minimum atomic E-state index is -0.301. The zero-order valence-corrected chi connectivity index (χ0v) is 10.7. The highest BCUT2D eigenvalue weighted by atomic mass is 16.2. The van der Waals surface area contributed by atoms with Gasteiger partial charge in [0.05, 0.1) is 6.07 Å². The van der Waals surface area contributed by atoms with Crippen LogP contribution in [0.25, 0.3) is 5.65 Å². The molecule has 0 unspecified atom stereocenters. The Morgan fingerprint density at radius 2 is 2.22 bits per heavy atom. The predicted molar refractivity (Wildman–Crippen MR) is 66.3 cm³/mol. The molecule has 0 aliphatic rings. The number of fused-ring (bicyclic) bond motifs is 1. The van der Waals surface area contributed by atoms with Crippen LogP contribution in [0.15, 0.2) is 10.9 Å². The Morgan fingerprint density at radius 3 is 2.78 bits per heavy atom. The van der Waals surface area contributed by atoms with Gasteiger partial charge in [-0.25, -0.2) is 14.2 Å². The number of nitrogens with zero attached hydrogens (tertiary/aromatic N) is 5. The molecule has 0 saturated carbocycles. The highest BCUT2D eigenvalue weighted by Crippen LogP contribution is 2.13. The molecule has 0 radical (unpaired) electrons. The van der Waals surface area contributed by atoms with Crippen molar-refractivity contribution in [1.82, 2.24) is 19.2 Å². The van der Waals surface area contributed by atoms with E-state index >= 15 is 0 Å². The summed E-state index contributed by atoms with van der Waals surface area (Å²) < 4.78 is 2.66. The molecule has 2 rings (SSSR count). The third-order valence-corrected chi connectivity index (χ3v) is 2.75. The van der Waals surface area contributed by atoms with Gasteiger partial charge >= 0.3 is 5.69 Å². The maximum Gasteiger partial charge on any atom is 0.352 e. The smallest absolute Gasteiger partial charge is 0.245 e. The van der Waals surface area contributed by atoms with Crippen molar-refractivity contribution in [3.8, 4) is 6.07 Å². The zero-order valence-electron chi connectivity index (χ0n) is 10.7. The second-order valence-corrected chi connectivity index (χ2v) is 4.41. The van der Waals surface area contributed by atoms with Crippen molar-refractivity contribution in [2.75, 3.05) is 0 Å². The van der Waals surface area contributed by atoms with Crippen LogP contribution >= 0.6 is 0 Å². The molecule has 0 atom stereocenters. The Labute approximate surface area is 104 Å². The van der Waals surface area contributed by atoms with Crippen molar-refractivity contribution < 1.29 is 0 Å². The van der Waals surface area contributed by atoms with E-state index in [0.717, 1.165) is 12.1 Å².